The SMILES string of the molecule is COC(=O)C1(NS(=O)(=O)N(C)C)CCCCCC1. The Labute approximate surface area is 109 Å². The topological polar surface area (TPSA) is 75.7 Å². The molecule has 0 aromatic heterocycles. The molecule has 1 aliphatic carbocycles. The van der Waals surface area contributed by atoms with Crippen LogP contribution in [-0.2, 0) is 19.7 Å². The van der Waals surface area contributed by atoms with E-state index in [1.54, 1.807) is 0 Å². The molecule has 0 aliphatic heterocycles. The first kappa shape index (κ1) is 15.4. The van der Waals surface area contributed by atoms with Crippen LogP contribution in [0.5, 0.6) is 0 Å². The highest BCUT2D eigenvalue weighted by Crippen LogP contribution is 2.29. The van der Waals surface area contributed by atoms with E-state index < -0.39 is 21.7 Å². The molecular formula is C11H22N2O4S. The van der Waals surface area contributed by atoms with Crippen molar-refractivity contribution in [2.45, 2.75) is 44.1 Å². The summed E-state index contributed by atoms with van der Waals surface area (Å²) in [7, 11) is 0.515. The summed E-state index contributed by atoms with van der Waals surface area (Å²) < 4.78 is 32.3. The molecule has 0 heterocycles. The number of hydrogen-bond acceptors (Lipinski definition) is 4. The maximum Gasteiger partial charge on any atom is 0.327 e. The van der Waals surface area contributed by atoms with Crippen molar-refractivity contribution in [2.24, 2.45) is 0 Å². The molecule has 0 aromatic carbocycles. The molecule has 0 unspecified atom stereocenters. The molecule has 106 valence electrons. The summed E-state index contributed by atoms with van der Waals surface area (Å²) in [6.07, 6.45) is 4.67. The van der Waals surface area contributed by atoms with E-state index in [1.807, 2.05) is 0 Å². The Kier molecular flexibility index (Phi) is 5.12. The van der Waals surface area contributed by atoms with Crippen molar-refractivity contribution in [3.63, 3.8) is 0 Å². The largest absolute Gasteiger partial charge is 0.468 e. The van der Waals surface area contributed by atoms with Crippen LogP contribution in [0.2, 0.25) is 0 Å². The van der Waals surface area contributed by atoms with Crippen molar-refractivity contribution in [1.29, 1.82) is 0 Å². The van der Waals surface area contributed by atoms with Crippen LogP contribution in [0.3, 0.4) is 0 Å². The summed E-state index contributed by atoms with van der Waals surface area (Å²) >= 11 is 0. The van der Waals surface area contributed by atoms with Gasteiger partial charge < -0.3 is 4.74 Å². The zero-order valence-corrected chi connectivity index (χ0v) is 12.0. The van der Waals surface area contributed by atoms with Gasteiger partial charge in [-0.25, -0.2) is 0 Å². The summed E-state index contributed by atoms with van der Waals surface area (Å²) in [6, 6.07) is 0. The lowest BCUT2D eigenvalue weighted by atomic mass is 9.92. The minimum atomic E-state index is -3.65. The summed E-state index contributed by atoms with van der Waals surface area (Å²) in [5, 5.41) is 0. The van der Waals surface area contributed by atoms with Crippen LogP contribution in [-0.4, -0.2) is 45.4 Å². The Bertz CT molecular complexity index is 384. The third-order valence-corrected chi connectivity index (χ3v) is 4.95. The fourth-order valence-electron chi connectivity index (χ4n) is 2.21. The number of nitrogens with one attached hydrogen (secondary N) is 1. The van der Waals surface area contributed by atoms with Crippen LogP contribution in [0.25, 0.3) is 0 Å². The normalized spacial score (nSPS) is 20.4. The second-order valence-electron chi connectivity index (χ2n) is 4.88. The molecule has 0 amide bonds. The van der Waals surface area contributed by atoms with Crippen molar-refractivity contribution in [1.82, 2.24) is 9.03 Å². The molecule has 0 atom stereocenters. The zero-order valence-electron chi connectivity index (χ0n) is 11.2. The van der Waals surface area contributed by atoms with Gasteiger partial charge in [0.25, 0.3) is 10.2 Å². The Morgan fingerprint density at radius 2 is 1.67 bits per heavy atom. The first-order valence-corrected chi connectivity index (χ1v) is 7.58. The molecule has 1 fully saturated rings. The number of carbonyl (C=O) groups is 1. The van der Waals surface area contributed by atoms with Crippen molar-refractivity contribution in [3.05, 3.63) is 0 Å². The highest BCUT2D eigenvalue weighted by atomic mass is 32.2. The van der Waals surface area contributed by atoms with Crippen molar-refractivity contribution in [2.75, 3.05) is 21.2 Å². The lowest BCUT2D eigenvalue weighted by molar-refractivity contribution is -0.148. The van der Waals surface area contributed by atoms with Crippen molar-refractivity contribution >= 4 is 16.2 Å². The summed E-state index contributed by atoms with van der Waals surface area (Å²) in [5.74, 6) is -0.491. The van der Waals surface area contributed by atoms with Gasteiger partial charge >= 0.3 is 5.97 Å². The van der Waals surface area contributed by atoms with E-state index in [1.165, 1.54) is 21.2 Å². The minimum absolute atomic E-state index is 0.491. The number of rotatable bonds is 4. The van der Waals surface area contributed by atoms with Crippen LogP contribution in [0, 0.1) is 0 Å². The third kappa shape index (κ3) is 3.43. The van der Waals surface area contributed by atoms with Crippen LogP contribution >= 0.6 is 0 Å². The average molecular weight is 278 g/mol. The van der Waals surface area contributed by atoms with E-state index in [2.05, 4.69) is 4.72 Å². The number of carbonyl (C=O) groups excluding carboxylic acids is 1. The molecule has 0 spiro atoms. The Balaban J connectivity index is 3.01. The molecule has 7 heteroatoms. The van der Waals surface area contributed by atoms with E-state index in [0.717, 1.165) is 30.0 Å². The van der Waals surface area contributed by atoms with Crippen molar-refractivity contribution < 1.29 is 17.9 Å². The van der Waals surface area contributed by atoms with Gasteiger partial charge in [-0.3, -0.25) is 4.79 Å². The van der Waals surface area contributed by atoms with Crippen LogP contribution in [0.4, 0.5) is 0 Å². The predicted octanol–water partition coefficient (Wildman–Crippen LogP) is 0.648. The fraction of sp³-hybridized carbons (Fsp3) is 0.909. The monoisotopic (exact) mass is 278 g/mol. The Morgan fingerprint density at radius 3 is 2.06 bits per heavy atom. The van der Waals surface area contributed by atoms with Crippen LogP contribution in [0.15, 0.2) is 0 Å². The number of hydrogen-bond donors (Lipinski definition) is 1. The summed E-state index contributed by atoms with van der Waals surface area (Å²) in [4.78, 5) is 12.0. The molecule has 0 aromatic rings. The number of ether oxygens (including phenoxy) is 1. The molecule has 1 rings (SSSR count). The lowest BCUT2D eigenvalue weighted by Crippen LogP contribution is -2.57. The lowest BCUT2D eigenvalue weighted by Gasteiger charge is -2.31. The smallest absolute Gasteiger partial charge is 0.327 e. The fourth-order valence-corrected chi connectivity index (χ4v) is 3.18. The van der Waals surface area contributed by atoms with E-state index in [0.29, 0.717) is 12.8 Å². The molecule has 18 heavy (non-hydrogen) atoms. The van der Waals surface area contributed by atoms with Gasteiger partial charge in [0, 0.05) is 14.1 Å². The van der Waals surface area contributed by atoms with E-state index in [-0.39, 0.29) is 0 Å². The standard InChI is InChI=1S/C11H22N2O4S/c1-13(2)18(15,16)12-11(10(14)17-3)8-6-4-5-7-9-11/h12H,4-9H2,1-3H3. The maximum absolute atomic E-state index is 12.0. The maximum atomic E-state index is 12.0. The summed E-state index contributed by atoms with van der Waals surface area (Å²) in [6.45, 7) is 0. The van der Waals surface area contributed by atoms with Gasteiger partial charge in [-0.2, -0.15) is 17.4 Å². The highest BCUT2D eigenvalue weighted by Gasteiger charge is 2.43. The molecule has 6 nitrogen and oxygen atoms in total. The predicted molar refractivity (Wildman–Crippen MR) is 68.2 cm³/mol. The van der Waals surface area contributed by atoms with Crippen LogP contribution in [0.1, 0.15) is 38.5 Å². The second kappa shape index (κ2) is 5.99. The minimum Gasteiger partial charge on any atom is -0.468 e. The quantitative estimate of drug-likeness (QED) is 0.605. The molecule has 0 radical (unpaired) electrons. The number of methoxy groups -OCH3 is 1. The highest BCUT2D eigenvalue weighted by molar-refractivity contribution is 7.87. The Hall–Kier alpha value is -0.660. The third-order valence-electron chi connectivity index (χ3n) is 3.34. The van der Waals surface area contributed by atoms with Crippen LogP contribution < -0.4 is 4.72 Å². The number of esters is 1. The number of nitrogens with zero attached hydrogens (tertiary/aromatic N) is 1. The molecule has 0 saturated heterocycles. The zero-order chi connectivity index (χ0) is 13.8. The van der Waals surface area contributed by atoms with Gasteiger partial charge in [-0.15, -0.1) is 0 Å². The van der Waals surface area contributed by atoms with Crippen molar-refractivity contribution in [3.8, 4) is 0 Å². The molecule has 1 aliphatic rings. The van der Waals surface area contributed by atoms with Gasteiger partial charge in [-0.1, -0.05) is 25.7 Å². The van der Waals surface area contributed by atoms with E-state index in [9.17, 15) is 13.2 Å². The van der Waals surface area contributed by atoms with Gasteiger partial charge in [0.2, 0.25) is 0 Å². The molecule has 1 saturated carbocycles. The first-order chi connectivity index (χ1) is 8.34. The van der Waals surface area contributed by atoms with Gasteiger partial charge in [0.15, 0.2) is 0 Å². The average Bonchev–Trinajstić information content (AvgIpc) is 2.53. The van der Waals surface area contributed by atoms with E-state index >= 15 is 0 Å². The van der Waals surface area contributed by atoms with Gasteiger partial charge in [-0.05, 0) is 12.8 Å². The Morgan fingerprint density at radius 1 is 1.17 bits per heavy atom. The van der Waals surface area contributed by atoms with E-state index in [4.69, 9.17) is 4.74 Å². The molecular weight excluding hydrogens is 256 g/mol. The second-order valence-corrected chi connectivity index (χ2v) is 6.76. The van der Waals surface area contributed by atoms with Gasteiger partial charge in [0.1, 0.15) is 5.54 Å². The van der Waals surface area contributed by atoms with Gasteiger partial charge in [0.05, 0.1) is 7.11 Å². The molecule has 1 N–H and O–H groups in total. The molecule has 0 bridgehead atoms. The summed E-state index contributed by atoms with van der Waals surface area (Å²) in [5.41, 5.74) is -1.10. The first-order valence-electron chi connectivity index (χ1n) is 6.14.